The summed E-state index contributed by atoms with van der Waals surface area (Å²) in [4.78, 5) is 2.45. The maximum Gasteiger partial charge on any atom is 0.0827 e. The molecule has 1 N–H and O–H groups in total. The minimum atomic E-state index is -0.368. The van der Waals surface area contributed by atoms with Crippen LogP contribution in [0.2, 0.25) is 0 Å². The Kier molecular flexibility index (Phi) is 7.11. The number of rotatable bonds is 8. The molecule has 0 bridgehead atoms. The minimum Gasteiger partial charge on any atom is -0.388 e. The summed E-state index contributed by atoms with van der Waals surface area (Å²) in [5.41, 5.74) is 1.02. The zero-order chi connectivity index (χ0) is 14.3. The zero-order valence-corrected chi connectivity index (χ0v) is 12.8. The van der Waals surface area contributed by atoms with E-state index in [0.717, 1.165) is 31.1 Å². The van der Waals surface area contributed by atoms with Gasteiger partial charge in [-0.05, 0) is 23.9 Å². The van der Waals surface area contributed by atoms with E-state index in [1.165, 1.54) is 6.42 Å². The molecule has 1 aromatic carbocycles. The molecule has 1 aromatic rings. The molecule has 2 heteroatoms. The Morgan fingerprint density at radius 3 is 2.21 bits per heavy atom. The fraction of sp³-hybridized carbons (Fsp3) is 0.647. The third-order valence-electron chi connectivity index (χ3n) is 3.94. The van der Waals surface area contributed by atoms with Gasteiger partial charge in [-0.1, -0.05) is 64.4 Å². The van der Waals surface area contributed by atoms with Crippen molar-refractivity contribution in [3.05, 3.63) is 35.9 Å². The Hall–Kier alpha value is -0.860. The second kappa shape index (κ2) is 8.34. The first-order valence-electron chi connectivity index (χ1n) is 7.53. The predicted molar refractivity (Wildman–Crippen MR) is 82.1 cm³/mol. The maximum atomic E-state index is 10.4. The van der Waals surface area contributed by atoms with Crippen molar-refractivity contribution in [2.24, 2.45) is 11.8 Å². The summed E-state index contributed by atoms with van der Waals surface area (Å²) in [6, 6.07) is 9.98. The van der Waals surface area contributed by atoms with Crippen LogP contribution in [0, 0.1) is 11.8 Å². The molecule has 0 saturated carbocycles. The van der Waals surface area contributed by atoms with E-state index in [-0.39, 0.29) is 12.0 Å². The summed E-state index contributed by atoms with van der Waals surface area (Å²) in [5, 5.41) is 10.4. The molecule has 3 unspecified atom stereocenters. The topological polar surface area (TPSA) is 23.5 Å². The summed E-state index contributed by atoms with van der Waals surface area (Å²) >= 11 is 0. The number of hydrogen-bond donors (Lipinski definition) is 1. The largest absolute Gasteiger partial charge is 0.388 e. The van der Waals surface area contributed by atoms with Crippen LogP contribution in [0.5, 0.6) is 0 Å². The molecular weight excluding hydrogens is 234 g/mol. The fourth-order valence-electron chi connectivity index (χ4n) is 2.39. The molecule has 2 nitrogen and oxygen atoms in total. The molecule has 0 aliphatic carbocycles. The van der Waals surface area contributed by atoms with Crippen LogP contribution in [0.3, 0.4) is 0 Å². The van der Waals surface area contributed by atoms with Crippen LogP contribution in [0.25, 0.3) is 0 Å². The third kappa shape index (κ3) is 5.33. The molecule has 1 rings (SSSR count). The Morgan fingerprint density at radius 2 is 1.68 bits per heavy atom. The second-order valence-corrected chi connectivity index (χ2v) is 5.70. The van der Waals surface area contributed by atoms with Crippen LogP contribution in [0.4, 0.5) is 0 Å². The van der Waals surface area contributed by atoms with Gasteiger partial charge in [0, 0.05) is 13.1 Å². The maximum absolute atomic E-state index is 10.4. The molecule has 0 radical (unpaired) electrons. The average Bonchev–Trinajstić information content (AvgIpc) is 2.46. The van der Waals surface area contributed by atoms with Gasteiger partial charge < -0.3 is 10.0 Å². The van der Waals surface area contributed by atoms with Crippen molar-refractivity contribution in [3.8, 4) is 0 Å². The van der Waals surface area contributed by atoms with Gasteiger partial charge in [0.05, 0.1) is 6.10 Å². The summed E-state index contributed by atoms with van der Waals surface area (Å²) in [6.07, 6.45) is 0.846. The standard InChI is InChI=1S/C17H29NO/c1-5-14(3)12-18(6-2)13-15(4)17(19)16-10-8-7-9-11-16/h7-11,14-15,17,19H,5-6,12-13H2,1-4H3. The number of benzene rings is 1. The van der Waals surface area contributed by atoms with Gasteiger partial charge in [-0.3, -0.25) is 0 Å². The van der Waals surface area contributed by atoms with Gasteiger partial charge in [0.15, 0.2) is 0 Å². The molecule has 0 aliphatic rings. The first-order chi connectivity index (χ1) is 9.08. The predicted octanol–water partition coefficient (Wildman–Crippen LogP) is 3.72. The van der Waals surface area contributed by atoms with E-state index in [1.807, 2.05) is 30.3 Å². The average molecular weight is 263 g/mol. The lowest BCUT2D eigenvalue weighted by atomic mass is 9.96. The van der Waals surface area contributed by atoms with Crippen LogP contribution in [-0.2, 0) is 0 Å². The molecule has 0 aromatic heterocycles. The molecule has 0 aliphatic heterocycles. The van der Waals surface area contributed by atoms with E-state index >= 15 is 0 Å². The highest BCUT2D eigenvalue weighted by molar-refractivity contribution is 5.17. The van der Waals surface area contributed by atoms with Crippen molar-refractivity contribution in [1.29, 1.82) is 0 Å². The lowest BCUT2D eigenvalue weighted by Gasteiger charge is -2.29. The molecular formula is C17H29NO. The van der Waals surface area contributed by atoms with Crippen molar-refractivity contribution in [2.75, 3.05) is 19.6 Å². The SMILES string of the molecule is CCC(C)CN(CC)CC(C)C(O)c1ccccc1. The Bertz CT molecular complexity index is 338. The molecule has 0 amide bonds. The molecule has 0 saturated heterocycles. The number of nitrogens with zero attached hydrogens (tertiary/aromatic N) is 1. The van der Waals surface area contributed by atoms with Crippen LogP contribution in [0.1, 0.15) is 45.8 Å². The van der Waals surface area contributed by atoms with Crippen molar-refractivity contribution < 1.29 is 5.11 Å². The third-order valence-corrected chi connectivity index (χ3v) is 3.94. The number of aliphatic hydroxyl groups is 1. The summed E-state index contributed by atoms with van der Waals surface area (Å²) < 4.78 is 0. The van der Waals surface area contributed by atoms with E-state index in [9.17, 15) is 5.11 Å². The quantitative estimate of drug-likeness (QED) is 0.772. The lowest BCUT2D eigenvalue weighted by molar-refractivity contribution is 0.0852. The van der Waals surface area contributed by atoms with Gasteiger partial charge in [-0.15, -0.1) is 0 Å². The zero-order valence-electron chi connectivity index (χ0n) is 12.8. The van der Waals surface area contributed by atoms with Gasteiger partial charge in [-0.2, -0.15) is 0 Å². The number of aliphatic hydroxyl groups excluding tert-OH is 1. The summed E-state index contributed by atoms with van der Waals surface area (Å²) in [6.45, 7) is 12.0. The van der Waals surface area contributed by atoms with E-state index in [2.05, 4.69) is 32.6 Å². The molecule has 19 heavy (non-hydrogen) atoms. The van der Waals surface area contributed by atoms with Crippen LogP contribution in [0.15, 0.2) is 30.3 Å². The van der Waals surface area contributed by atoms with Crippen LogP contribution >= 0.6 is 0 Å². The minimum absolute atomic E-state index is 0.256. The lowest BCUT2D eigenvalue weighted by Crippen LogP contribution is -2.34. The molecule has 0 heterocycles. The highest BCUT2D eigenvalue weighted by Crippen LogP contribution is 2.22. The Labute approximate surface area is 118 Å². The Balaban J connectivity index is 2.54. The molecule has 3 atom stereocenters. The van der Waals surface area contributed by atoms with Crippen LogP contribution < -0.4 is 0 Å². The monoisotopic (exact) mass is 263 g/mol. The molecule has 108 valence electrons. The summed E-state index contributed by atoms with van der Waals surface area (Å²) in [5.74, 6) is 0.979. The van der Waals surface area contributed by atoms with Crippen molar-refractivity contribution >= 4 is 0 Å². The fourth-order valence-corrected chi connectivity index (χ4v) is 2.39. The highest BCUT2D eigenvalue weighted by atomic mass is 16.3. The smallest absolute Gasteiger partial charge is 0.0827 e. The normalized spacial score (nSPS) is 16.3. The van der Waals surface area contributed by atoms with E-state index in [1.54, 1.807) is 0 Å². The van der Waals surface area contributed by atoms with Crippen molar-refractivity contribution in [3.63, 3.8) is 0 Å². The van der Waals surface area contributed by atoms with Crippen LogP contribution in [-0.4, -0.2) is 29.6 Å². The van der Waals surface area contributed by atoms with Gasteiger partial charge >= 0.3 is 0 Å². The van der Waals surface area contributed by atoms with E-state index in [4.69, 9.17) is 0 Å². The Morgan fingerprint density at radius 1 is 1.05 bits per heavy atom. The first-order valence-corrected chi connectivity index (χ1v) is 7.53. The van der Waals surface area contributed by atoms with E-state index in [0.29, 0.717) is 0 Å². The highest BCUT2D eigenvalue weighted by Gasteiger charge is 2.19. The summed E-state index contributed by atoms with van der Waals surface area (Å²) in [7, 11) is 0. The molecule has 0 fully saturated rings. The van der Waals surface area contributed by atoms with Crippen molar-refractivity contribution in [2.45, 2.75) is 40.2 Å². The van der Waals surface area contributed by atoms with Gasteiger partial charge in [0.25, 0.3) is 0 Å². The van der Waals surface area contributed by atoms with Gasteiger partial charge in [0.2, 0.25) is 0 Å². The van der Waals surface area contributed by atoms with Crippen molar-refractivity contribution in [1.82, 2.24) is 4.90 Å². The van der Waals surface area contributed by atoms with E-state index < -0.39 is 0 Å². The molecule has 0 spiro atoms. The first kappa shape index (κ1) is 16.2. The number of hydrogen-bond acceptors (Lipinski definition) is 2. The van der Waals surface area contributed by atoms with Gasteiger partial charge in [0.1, 0.15) is 0 Å². The van der Waals surface area contributed by atoms with Gasteiger partial charge in [-0.25, -0.2) is 0 Å². The second-order valence-electron chi connectivity index (χ2n) is 5.70.